The Morgan fingerprint density at radius 3 is 2.86 bits per heavy atom. The summed E-state index contributed by atoms with van der Waals surface area (Å²) in [5.74, 6) is 0. The van der Waals surface area contributed by atoms with Gasteiger partial charge in [-0.2, -0.15) is 0 Å². The van der Waals surface area contributed by atoms with Crippen molar-refractivity contribution in [3.8, 4) is 0 Å². The van der Waals surface area contributed by atoms with Gasteiger partial charge in [0, 0.05) is 13.2 Å². The van der Waals surface area contributed by atoms with Crippen LogP contribution in [0.4, 0.5) is 0 Å². The summed E-state index contributed by atoms with van der Waals surface area (Å²) in [6, 6.07) is 0. The zero-order chi connectivity index (χ0) is 10.2. The van der Waals surface area contributed by atoms with Crippen LogP contribution >= 0.6 is 0 Å². The van der Waals surface area contributed by atoms with Gasteiger partial charge in [0.2, 0.25) is 0 Å². The zero-order valence-electron chi connectivity index (χ0n) is 9.37. The molecule has 3 nitrogen and oxygen atoms in total. The van der Waals surface area contributed by atoms with Gasteiger partial charge >= 0.3 is 0 Å². The maximum Gasteiger partial charge on any atom is 0.0702 e. The number of hydrogen-bond acceptors (Lipinski definition) is 3. The van der Waals surface area contributed by atoms with Gasteiger partial charge in [-0.15, -0.1) is 0 Å². The summed E-state index contributed by atoms with van der Waals surface area (Å²) < 4.78 is 5.63. The topological polar surface area (TPSA) is 38.5 Å². The van der Waals surface area contributed by atoms with Gasteiger partial charge < -0.3 is 15.4 Å². The molecule has 0 spiro atoms. The highest BCUT2D eigenvalue weighted by atomic mass is 16.5. The van der Waals surface area contributed by atoms with Crippen molar-refractivity contribution >= 4 is 0 Å². The SMILES string of the molecule is CCN(CCCCN)CC1CCCO1. The molecule has 1 aliphatic heterocycles. The summed E-state index contributed by atoms with van der Waals surface area (Å²) in [4.78, 5) is 2.48. The lowest BCUT2D eigenvalue weighted by molar-refractivity contribution is 0.0743. The van der Waals surface area contributed by atoms with Crippen molar-refractivity contribution in [3.05, 3.63) is 0 Å². The molecule has 1 heterocycles. The molecule has 0 aliphatic carbocycles. The Morgan fingerprint density at radius 2 is 2.29 bits per heavy atom. The fourth-order valence-electron chi connectivity index (χ4n) is 1.93. The van der Waals surface area contributed by atoms with Crippen molar-refractivity contribution in [1.29, 1.82) is 0 Å². The van der Waals surface area contributed by atoms with Gasteiger partial charge in [-0.25, -0.2) is 0 Å². The predicted molar refractivity (Wildman–Crippen MR) is 59.4 cm³/mol. The van der Waals surface area contributed by atoms with E-state index < -0.39 is 0 Å². The van der Waals surface area contributed by atoms with E-state index in [2.05, 4.69) is 11.8 Å². The number of nitrogens with two attached hydrogens (primary N) is 1. The van der Waals surface area contributed by atoms with E-state index in [9.17, 15) is 0 Å². The van der Waals surface area contributed by atoms with Gasteiger partial charge in [0.05, 0.1) is 6.10 Å². The number of likely N-dealkylation sites (N-methyl/N-ethyl adjacent to an activating group) is 1. The van der Waals surface area contributed by atoms with Crippen molar-refractivity contribution < 1.29 is 4.74 Å². The Balaban J connectivity index is 2.10. The summed E-state index contributed by atoms with van der Waals surface area (Å²) in [7, 11) is 0. The number of unbranched alkanes of at least 4 members (excludes halogenated alkanes) is 1. The van der Waals surface area contributed by atoms with Crippen LogP contribution in [0.5, 0.6) is 0 Å². The van der Waals surface area contributed by atoms with Crippen LogP contribution in [0.25, 0.3) is 0 Å². The molecule has 0 saturated carbocycles. The van der Waals surface area contributed by atoms with Crippen molar-refractivity contribution in [1.82, 2.24) is 4.90 Å². The molecule has 0 bridgehead atoms. The molecular formula is C11H24N2O. The van der Waals surface area contributed by atoms with Crippen LogP contribution in [0, 0.1) is 0 Å². The summed E-state index contributed by atoms with van der Waals surface area (Å²) in [6.07, 6.45) is 5.34. The molecule has 0 aromatic heterocycles. The first kappa shape index (κ1) is 12.0. The van der Waals surface area contributed by atoms with Crippen LogP contribution in [0.3, 0.4) is 0 Å². The van der Waals surface area contributed by atoms with E-state index in [4.69, 9.17) is 10.5 Å². The molecule has 84 valence electrons. The third-order valence-corrected chi connectivity index (χ3v) is 2.86. The second-order valence-electron chi connectivity index (χ2n) is 4.02. The van der Waals surface area contributed by atoms with Crippen LogP contribution in [0.15, 0.2) is 0 Å². The molecule has 1 rings (SSSR count). The van der Waals surface area contributed by atoms with E-state index in [1.54, 1.807) is 0 Å². The minimum absolute atomic E-state index is 0.493. The van der Waals surface area contributed by atoms with E-state index >= 15 is 0 Å². The lowest BCUT2D eigenvalue weighted by Gasteiger charge is -2.23. The van der Waals surface area contributed by atoms with E-state index in [1.807, 2.05) is 0 Å². The fourth-order valence-corrected chi connectivity index (χ4v) is 1.93. The second kappa shape index (κ2) is 7.21. The van der Waals surface area contributed by atoms with Crippen molar-refractivity contribution in [2.75, 3.05) is 32.8 Å². The molecule has 1 saturated heterocycles. The van der Waals surface area contributed by atoms with Gasteiger partial charge in [-0.3, -0.25) is 0 Å². The highest BCUT2D eigenvalue weighted by Crippen LogP contribution is 2.13. The predicted octanol–water partition coefficient (Wildman–Crippen LogP) is 1.23. The largest absolute Gasteiger partial charge is 0.377 e. The van der Waals surface area contributed by atoms with Crippen molar-refractivity contribution in [2.45, 2.75) is 38.7 Å². The second-order valence-corrected chi connectivity index (χ2v) is 4.02. The summed E-state index contributed by atoms with van der Waals surface area (Å²) in [5, 5.41) is 0. The zero-order valence-corrected chi connectivity index (χ0v) is 9.37. The van der Waals surface area contributed by atoms with Crippen LogP contribution in [-0.2, 0) is 4.74 Å². The Kier molecular flexibility index (Phi) is 6.15. The lowest BCUT2D eigenvalue weighted by atomic mass is 10.2. The maximum absolute atomic E-state index is 5.63. The average Bonchev–Trinajstić information content (AvgIpc) is 2.69. The lowest BCUT2D eigenvalue weighted by Crippen LogP contribution is -2.33. The highest BCUT2D eigenvalue weighted by molar-refractivity contribution is 4.69. The van der Waals surface area contributed by atoms with Gasteiger partial charge in [-0.1, -0.05) is 6.92 Å². The van der Waals surface area contributed by atoms with Crippen LogP contribution in [-0.4, -0.2) is 43.8 Å². The Hall–Kier alpha value is -0.120. The minimum atomic E-state index is 0.493. The molecule has 1 fully saturated rings. The van der Waals surface area contributed by atoms with E-state index in [-0.39, 0.29) is 0 Å². The molecule has 0 amide bonds. The molecule has 1 aliphatic rings. The standard InChI is InChI=1S/C11H24N2O/c1-2-13(8-4-3-7-12)10-11-6-5-9-14-11/h11H,2-10,12H2,1H3. The quantitative estimate of drug-likeness (QED) is 0.628. The van der Waals surface area contributed by atoms with E-state index in [1.165, 1.54) is 25.8 Å². The molecule has 1 unspecified atom stereocenters. The monoisotopic (exact) mass is 200 g/mol. The smallest absolute Gasteiger partial charge is 0.0702 e. The average molecular weight is 200 g/mol. The van der Waals surface area contributed by atoms with Gasteiger partial charge in [0.1, 0.15) is 0 Å². The van der Waals surface area contributed by atoms with Crippen LogP contribution in [0.2, 0.25) is 0 Å². The van der Waals surface area contributed by atoms with Crippen LogP contribution < -0.4 is 5.73 Å². The third kappa shape index (κ3) is 4.40. The Labute approximate surface area is 87.6 Å². The first-order chi connectivity index (χ1) is 6.86. The summed E-state index contributed by atoms with van der Waals surface area (Å²) in [5.41, 5.74) is 5.48. The molecule has 1 atom stereocenters. The van der Waals surface area contributed by atoms with E-state index in [0.717, 1.165) is 32.7 Å². The minimum Gasteiger partial charge on any atom is -0.377 e. The van der Waals surface area contributed by atoms with Gasteiger partial charge in [0.25, 0.3) is 0 Å². The molecule has 3 heteroatoms. The number of nitrogens with zero attached hydrogens (tertiary/aromatic N) is 1. The van der Waals surface area contributed by atoms with Crippen LogP contribution in [0.1, 0.15) is 32.6 Å². The molecular weight excluding hydrogens is 176 g/mol. The molecule has 0 aromatic rings. The molecule has 0 radical (unpaired) electrons. The number of ether oxygens (including phenoxy) is 1. The third-order valence-electron chi connectivity index (χ3n) is 2.86. The first-order valence-corrected chi connectivity index (χ1v) is 5.90. The molecule has 14 heavy (non-hydrogen) atoms. The first-order valence-electron chi connectivity index (χ1n) is 5.90. The van der Waals surface area contributed by atoms with Crippen molar-refractivity contribution in [2.24, 2.45) is 5.73 Å². The number of rotatable bonds is 7. The maximum atomic E-state index is 5.63. The Bertz CT molecular complexity index is 135. The van der Waals surface area contributed by atoms with Gasteiger partial charge in [-0.05, 0) is 45.3 Å². The highest BCUT2D eigenvalue weighted by Gasteiger charge is 2.17. The summed E-state index contributed by atoms with van der Waals surface area (Å²) >= 11 is 0. The van der Waals surface area contributed by atoms with E-state index in [0.29, 0.717) is 6.10 Å². The normalized spacial score (nSPS) is 22.1. The summed E-state index contributed by atoms with van der Waals surface area (Å²) in [6.45, 7) is 7.42. The number of hydrogen-bond donors (Lipinski definition) is 1. The molecule has 2 N–H and O–H groups in total. The fraction of sp³-hybridized carbons (Fsp3) is 1.00. The van der Waals surface area contributed by atoms with Crippen molar-refractivity contribution in [3.63, 3.8) is 0 Å². The van der Waals surface area contributed by atoms with Gasteiger partial charge in [0.15, 0.2) is 0 Å². The Morgan fingerprint density at radius 1 is 1.43 bits per heavy atom. The molecule has 0 aromatic carbocycles.